The van der Waals surface area contributed by atoms with E-state index in [0.29, 0.717) is 30.4 Å². The number of hydrogen-bond acceptors (Lipinski definition) is 3. The summed E-state index contributed by atoms with van der Waals surface area (Å²) < 4.78 is 0. The van der Waals surface area contributed by atoms with Gasteiger partial charge in [-0.1, -0.05) is 42.5 Å². The second kappa shape index (κ2) is 9.98. The van der Waals surface area contributed by atoms with Gasteiger partial charge in [-0.25, -0.2) is 0 Å². The lowest BCUT2D eigenvalue weighted by atomic mass is 9.96. The third kappa shape index (κ3) is 5.33. The van der Waals surface area contributed by atoms with Crippen molar-refractivity contribution in [1.29, 1.82) is 0 Å². The molecule has 2 aromatic carbocycles. The van der Waals surface area contributed by atoms with Crippen LogP contribution in [0.5, 0.6) is 5.75 Å². The van der Waals surface area contributed by atoms with Gasteiger partial charge in [-0.3, -0.25) is 9.89 Å². The molecule has 5 nitrogen and oxygen atoms in total. The zero-order chi connectivity index (χ0) is 20.8. The van der Waals surface area contributed by atoms with E-state index >= 15 is 0 Å². The largest absolute Gasteiger partial charge is 0.508 e. The fourth-order valence-corrected chi connectivity index (χ4v) is 4.97. The Kier molecular flexibility index (Phi) is 6.90. The average molecular weight is 407 g/mol. The minimum Gasteiger partial charge on any atom is -0.508 e. The molecule has 0 aliphatic carbocycles. The second-order valence-corrected chi connectivity index (χ2v) is 8.54. The van der Waals surface area contributed by atoms with Crippen LogP contribution in [0.3, 0.4) is 0 Å². The molecule has 2 aromatic rings. The van der Waals surface area contributed by atoms with Crippen LogP contribution >= 0.6 is 0 Å². The lowest BCUT2D eigenvalue weighted by molar-refractivity contribution is 0.114. The number of nitrogens with zero attached hydrogens (tertiary/aromatic N) is 2. The Labute approximate surface area is 180 Å². The van der Waals surface area contributed by atoms with Gasteiger partial charge in [0.05, 0.1) is 0 Å². The zero-order valence-electron chi connectivity index (χ0n) is 17.9. The Morgan fingerprint density at radius 3 is 2.47 bits per heavy atom. The maximum atomic E-state index is 9.63. The van der Waals surface area contributed by atoms with E-state index < -0.39 is 0 Å². The number of phenols is 1. The predicted molar refractivity (Wildman–Crippen MR) is 123 cm³/mol. The van der Waals surface area contributed by atoms with E-state index in [9.17, 15) is 5.11 Å². The fourth-order valence-electron chi connectivity index (χ4n) is 4.97. The number of guanidine groups is 1. The summed E-state index contributed by atoms with van der Waals surface area (Å²) in [5.74, 6) is 1.23. The van der Waals surface area contributed by atoms with Gasteiger partial charge >= 0.3 is 0 Å². The summed E-state index contributed by atoms with van der Waals surface area (Å²) in [5, 5.41) is 16.7. The number of rotatable bonds is 7. The smallest absolute Gasteiger partial charge is 0.191 e. The van der Waals surface area contributed by atoms with Gasteiger partial charge in [0.15, 0.2) is 5.96 Å². The Morgan fingerprint density at radius 1 is 1.03 bits per heavy atom. The van der Waals surface area contributed by atoms with E-state index in [4.69, 9.17) is 4.99 Å². The molecular formula is C25H34N4O. The molecule has 2 saturated heterocycles. The SMILES string of the molecule is CCNC(=NCCc1cccc(O)c1)NC1CC2CCC(C1)N2Cc1ccccc1. The lowest BCUT2D eigenvalue weighted by Gasteiger charge is -2.39. The maximum Gasteiger partial charge on any atom is 0.191 e. The molecule has 0 saturated carbocycles. The average Bonchev–Trinajstić information content (AvgIpc) is 2.97. The molecule has 2 aliphatic heterocycles. The first-order valence-corrected chi connectivity index (χ1v) is 11.3. The second-order valence-electron chi connectivity index (χ2n) is 8.54. The molecule has 4 rings (SSSR count). The van der Waals surface area contributed by atoms with Crippen molar-refractivity contribution in [2.45, 2.75) is 63.7 Å². The third-order valence-electron chi connectivity index (χ3n) is 6.36. The van der Waals surface area contributed by atoms with Crippen molar-refractivity contribution in [3.05, 3.63) is 65.7 Å². The van der Waals surface area contributed by atoms with Crippen LogP contribution in [0, 0.1) is 0 Å². The van der Waals surface area contributed by atoms with Gasteiger partial charge in [0.25, 0.3) is 0 Å². The number of fused-ring (bicyclic) bond motifs is 2. The lowest BCUT2D eigenvalue weighted by Crippen LogP contribution is -2.52. The Bertz CT molecular complexity index is 824. The predicted octanol–water partition coefficient (Wildman–Crippen LogP) is 3.69. The van der Waals surface area contributed by atoms with Crippen molar-refractivity contribution in [2.75, 3.05) is 13.1 Å². The third-order valence-corrected chi connectivity index (χ3v) is 6.36. The summed E-state index contributed by atoms with van der Waals surface area (Å²) in [7, 11) is 0. The number of aliphatic imine (C=N–C) groups is 1. The molecule has 2 atom stereocenters. The van der Waals surface area contributed by atoms with Crippen molar-refractivity contribution in [3.8, 4) is 5.75 Å². The summed E-state index contributed by atoms with van der Waals surface area (Å²) in [6.07, 6.45) is 5.80. The van der Waals surface area contributed by atoms with E-state index in [-0.39, 0.29) is 0 Å². The quantitative estimate of drug-likeness (QED) is 0.485. The highest BCUT2D eigenvalue weighted by molar-refractivity contribution is 5.80. The normalized spacial score (nSPS) is 24.0. The molecule has 5 heteroatoms. The number of benzene rings is 2. The van der Waals surface area contributed by atoms with Gasteiger partial charge in [0.1, 0.15) is 5.75 Å². The molecule has 0 amide bonds. The van der Waals surface area contributed by atoms with Crippen molar-refractivity contribution in [3.63, 3.8) is 0 Å². The van der Waals surface area contributed by atoms with Crippen LogP contribution in [-0.2, 0) is 13.0 Å². The minimum atomic E-state index is 0.319. The van der Waals surface area contributed by atoms with Gasteiger partial charge in [0, 0.05) is 37.8 Å². The summed E-state index contributed by atoms with van der Waals surface area (Å²) in [5.41, 5.74) is 2.53. The van der Waals surface area contributed by atoms with Gasteiger partial charge in [-0.05, 0) is 62.3 Å². The van der Waals surface area contributed by atoms with Gasteiger partial charge in [-0.2, -0.15) is 0 Å². The van der Waals surface area contributed by atoms with Crippen LogP contribution in [0.2, 0.25) is 0 Å². The Morgan fingerprint density at radius 2 is 1.77 bits per heavy atom. The van der Waals surface area contributed by atoms with Gasteiger partial charge in [-0.15, -0.1) is 0 Å². The van der Waals surface area contributed by atoms with Crippen molar-refractivity contribution >= 4 is 5.96 Å². The van der Waals surface area contributed by atoms with E-state index in [0.717, 1.165) is 31.0 Å². The Hall–Kier alpha value is -2.53. The minimum absolute atomic E-state index is 0.319. The summed E-state index contributed by atoms with van der Waals surface area (Å²) in [6.45, 7) is 4.75. The fraction of sp³-hybridized carbons (Fsp3) is 0.480. The van der Waals surface area contributed by atoms with Crippen LogP contribution in [0.4, 0.5) is 0 Å². The van der Waals surface area contributed by atoms with Crippen LogP contribution in [0.15, 0.2) is 59.6 Å². The monoisotopic (exact) mass is 406 g/mol. The molecule has 30 heavy (non-hydrogen) atoms. The van der Waals surface area contributed by atoms with Crippen LogP contribution in [0.25, 0.3) is 0 Å². The molecule has 160 valence electrons. The Balaban J connectivity index is 1.32. The van der Waals surface area contributed by atoms with Crippen LogP contribution in [-0.4, -0.2) is 47.2 Å². The van der Waals surface area contributed by atoms with Crippen LogP contribution < -0.4 is 10.6 Å². The van der Waals surface area contributed by atoms with E-state index in [1.807, 2.05) is 18.2 Å². The molecule has 2 heterocycles. The standard InChI is InChI=1S/C25H34N4O/c1-2-26-25(27-14-13-19-9-6-10-24(30)15-19)28-21-16-22-11-12-23(17-21)29(22)18-20-7-4-3-5-8-20/h3-10,15,21-23,30H,2,11-14,16-18H2,1H3,(H2,26,27,28). The van der Waals surface area contributed by atoms with Gasteiger partial charge < -0.3 is 15.7 Å². The maximum absolute atomic E-state index is 9.63. The highest BCUT2D eigenvalue weighted by atomic mass is 16.3. The number of aromatic hydroxyl groups is 1. The number of piperidine rings is 1. The van der Waals surface area contributed by atoms with E-state index in [1.165, 1.54) is 31.2 Å². The number of hydrogen-bond donors (Lipinski definition) is 3. The highest BCUT2D eigenvalue weighted by Crippen LogP contribution is 2.36. The van der Waals surface area contributed by atoms with E-state index in [2.05, 4.69) is 52.8 Å². The van der Waals surface area contributed by atoms with Crippen molar-refractivity contribution in [2.24, 2.45) is 4.99 Å². The first kappa shape index (κ1) is 20.7. The molecule has 2 aliphatic rings. The molecule has 0 aromatic heterocycles. The first-order chi connectivity index (χ1) is 14.7. The first-order valence-electron chi connectivity index (χ1n) is 11.3. The molecular weight excluding hydrogens is 372 g/mol. The molecule has 2 bridgehead atoms. The molecule has 0 spiro atoms. The summed E-state index contributed by atoms with van der Waals surface area (Å²) in [6, 6.07) is 20.1. The summed E-state index contributed by atoms with van der Waals surface area (Å²) in [4.78, 5) is 7.51. The molecule has 2 fully saturated rings. The molecule has 3 N–H and O–H groups in total. The molecule has 0 radical (unpaired) electrons. The van der Waals surface area contributed by atoms with E-state index in [1.54, 1.807) is 6.07 Å². The topological polar surface area (TPSA) is 59.9 Å². The number of nitrogens with one attached hydrogen (secondary N) is 2. The van der Waals surface area contributed by atoms with Crippen LogP contribution in [0.1, 0.15) is 43.7 Å². The highest BCUT2D eigenvalue weighted by Gasteiger charge is 2.40. The van der Waals surface area contributed by atoms with Gasteiger partial charge in [0.2, 0.25) is 0 Å². The number of phenolic OH excluding ortho intramolecular Hbond substituents is 1. The zero-order valence-corrected chi connectivity index (χ0v) is 17.9. The summed E-state index contributed by atoms with van der Waals surface area (Å²) >= 11 is 0. The van der Waals surface area contributed by atoms with Crippen molar-refractivity contribution in [1.82, 2.24) is 15.5 Å². The molecule has 2 unspecified atom stereocenters. The van der Waals surface area contributed by atoms with Crippen molar-refractivity contribution < 1.29 is 5.11 Å².